The summed E-state index contributed by atoms with van der Waals surface area (Å²) < 4.78 is 4.99. The van der Waals surface area contributed by atoms with Crippen LogP contribution in [0.4, 0.5) is 5.69 Å². The molecule has 0 saturated carbocycles. The third-order valence-electron chi connectivity index (χ3n) is 3.49. The third-order valence-corrected chi connectivity index (χ3v) is 4.36. The predicted molar refractivity (Wildman–Crippen MR) is 101 cm³/mol. The molecule has 2 heterocycles. The SMILES string of the molecule is COc1ccc(C(=O)Nc2ccc(Sc3nc(C)cc(C)n3)cc2)cn1. The minimum absolute atomic E-state index is 0.224. The van der Waals surface area contributed by atoms with Gasteiger partial charge in [0.25, 0.3) is 5.91 Å². The van der Waals surface area contributed by atoms with E-state index in [4.69, 9.17) is 4.74 Å². The zero-order valence-electron chi connectivity index (χ0n) is 14.7. The second-order valence-electron chi connectivity index (χ2n) is 5.60. The number of rotatable bonds is 5. The Morgan fingerprint density at radius 3 is 2.31 bits per heavy atom. The van der Waals surface area contributed by atoms with Crippen LogP contribution >= 0.6 is 11.8 Å². The molecule has 1 aromatic carbocycles. The third kappa shape index (κ3) is 4.58. The first-order chi connectivity index (χ1) is 12.5. The van der Waals surface area contributed by atoms with E-state index in [1.807, 2.05) is 44.2 Å². The van der Waals surface area contributed by atoms with Gasteiger partial charge < -0.3 is 10.1 Å². The summed E-state index contributed by atoms with van der Waals surface area (Å²) in [5, 5.41) is 3.56. The number of methoxy groups -OCH3 is 1. The van der Waals surface area contributed by atoms with Gasteiger partial charge in [-0.3, -0.25) is 4.79 Å². The van der Waals surface area contributed by atoms with E-state index in [1.165, 1.54) is 25.1 Å². The van der Waals surface area contributed by atoms with Crippen LogP contribution in [0, 0.1) is 13.8 Å². The molecule has 0 saturated heterocycles. The lowest BCUT2D eigenvalue weighted by molar-refractivity contribution is 0.102. The Labute approximate surface area is 156 Å². The topological polar surface area (TPSA) is 77.0 Å². The Morgan fingerprint density at radius 2 is 1.73 bits per heavy atom. The summed E-state index contributed by atoms with van der Waals surface area (Å²) in [6.07, 6.45) is 1.48. The number of pyridine rings is 1. The Kier molecular flexibility index (Phi) is 5.48. The van der Waals surface area contributed by atoms with Crippen molar-refractivity contribution in [2.45, 2.75) is 23.9 Å². The summed E-state index contributed by atoms with van der Waals surface area (Å²) in [4.78, 5) is 26.1. The molecule has 0 aliphatic carbocycles. The van der Waals surface area contributed by atoms with Gasteiger partial charge in [0.1, 0.15) is 0 Å². The first kappa shape index (κ1) is 17.9. The van der Waals surface area contributed by atoms with Crippen molar-refractivity contribution in [3.8, 4) is 5.88 Å². The Balaban J connectivity index is 1.66. The van der Waals surface area contributed by atoms with Crippen LogP contribution in [-0.4, -0.2) is 28.0 Å². The fourth-order valence-corrected chi connectivity index (χ4v) is 3.15. The van der Waals surface area contributed by atoms with Gasteiger partial charge in [0.15, 0.2) is 5.16 Å². The highest BCUT2D eigenvalue weighted by Crippen LogP contribution is 2.26. The average molecular weight is 366 g/mol. The molecule has 0 radical (unpaired) electrons. The first-order valence-electron chi connectivity index (χ1n) is 7.95. The molecule has 0 aliphatic heterocycles. The number of ether oxygens (including phenoxy) is 1. The van der Waals surface area contributed by atoms with E-state index >= 15 is 0 Å². The van der Waals surface area contributed by atoms with Gasteiger partial charge in [-0.2, -0.15) is 0 Å². The van der Waals surface area contributed by atoms with Crippen molar-refractivity contribution in [3.63, 3.8) is 0 Å². The molecule has 132 valence electrons. The van der Waals surface area contributed by atoms with E-state index in [-0.39, 0.29) is 5.91 Å². The van der Waals surface area contributed by atoms with Crippen molar-refractivity contribution in [2.75, 3.05) is 12.4 Å². The smallest absolute Gasteiger partial charge is 0.257 e. The van der Waals surface area contributed by atoms with Gasteiger partial charge in [-0.05, 0) is 62.0 Å². The van der Waals surface area contributed by atoms with E-state index in [2.05, 4.69) is 20.3 Å². The van der Waals surface area contributed by atoms with Gasteiger partial charge in [-0.1, -0.05) is 0 Å². The monoisotopic (exact) mass is 366 g/mol. The second kappa shape index (κ2) is 7.97. The molecule has 1 N–H and O–H groups in total. The number of carbonyl (C=O) groups excluding carboxylic acids is 1. The molecule has 0 spiro atoms. The van der Waals surface area contributed by atoms with E-state index in [1.54, 1.807) is 12.1 Å². The largest absolute Gasteiger partial charge is 0.481 e. The van der Waals surface area contributed by atoms with Crippen molar-refractivity contribution >= 4 is 23.4 Å². The molecule has 3 rings (SSSR count). The minimum atomic E-state index is -0.224. The van der Waals surface area contributed by atoms with E-state index in [0.29, 0.717) is 22.3 Å². The van der Waals surface area contributed by atoms with Crippen LogP contribution in [0.2, 0.25) is 0 Å². The molecule has 7 heteroatoms. The van der Waals surface area contributed by atoms with Crippen molar-refractivity contribution in [1.82, 2.24) is 15.0 Å². The van der Waals surface area contributed by atoms with Gasteiger partial charge in [0.05, 0.1) is 12.7 Å². The summed E-state index contributed by atoms with van der Waals surface area (Å²) >= 11 is 1.49. The summed E-state index contributed by atoms with van der Waals surface area (Å²) in [6, 6.07) is 12.8. The number of carbonyl (C=O) groups is 1. The number of hydrogen-bond acceptors (Lipinski definition) is 6. The van der Waals surface area contributed by atoms with Crippen LogP contribution in [0.25, 0.3) is 0 Å². The van der Waals surface area contributed by atoms with Crippen LogP contribution in [-0.2, 0) is 0 Å². The Bertz CT molecular complexity index is 892. The van der Waals surface area contributed by atoms with Gasteiger partial charge in [-0.25, -0.2) is 15.0 Å². The summed E-state index contributed by atoms with van der Waals surface area (Å²) in [5.74, 6) is 0.245. The number of aromatic nitrogens is 3. The van der Waals surface area contributed by atoms with Crippen LogP contribution in [0.3, 0.4) is 0 Å². The molecule has 3 aromatic rings. The maximum Gasteiger partial charge on any atom is 0.257 e. The molecular formula is C19H18N4O2S. The van der Waals surface area contributed by atoms with Gasteiger partial charge in [-0.15, -0.1) is 0 Å². The van der Waals surface area contributed by atoms with Crippen molar-refractivity contribution in [1.29, 1.82) is 0 Å². The molecular weight excluding hydrogens is 348 g/mol. The number of amides is 1. The Hall–Kier alpha value is -2.93. The maximum absolute atomic E-state index is 12.2. The van der Waals surface area contributed by atoms with E-state index in [0.717, 1.165) is 16.3 Å². The lowest BCUT2D eigenvalue weighted by Gasteiger charge is -2.07. The first-order valence-corrected chi connectivity index (χ1v) is 8.77. The number of nitrogens with one attached hydrogen (secondary N) is 1. The molecule has 26 heavy (non-hydrogen) atoms. The van der Waals surface area contributed by atoms with Crippen LogP contribution < -0.4 is 10.1 Å². The standard InChI is InChI=1S/C19H18N4O2S/c1-12-10-13(2)22-19(21-12)26-16-7-5-15(6-8-16)23-18(24)14-4-9-17(25-3)20-11-14/h4-11H,1-3H3,(H,23,24). The fourth-order valence-electron chi connectivity index (χ4n) is 2.29. The quantitative estimate of drug-likeness (QED) is 0.690. The normalized spacial score (nSPS) is 10.4. The van der Waals surface area contributed by atoms with Crippen molar-refractivity contribution in [3.05, 3.63) is 65.6 Å². The highest BCUT2D eigenvalue weighted by molar-refractivity contribution is 7.99. The molecule has 0 bridgehead atoms. The molecule has 2 aromatic heterocycles. The number of hydrogen-bond donors (Lipinski definition) is 1. The Morgan fingerprint density at radius 1 is 1.04 bits per heavy atom. The molecule has 1 amide bonds. The summed E-state index contributed by atoms with van der Waals surface area (Å²) in [5.41, 5.74) is 3.05. The molecule has 0 fully saturated rings. The highest BCUT2D eigenvalue weighted by Gasteiger charge is 2.08. The molecule has 0 unspecified atom stereocenters. The highest BCUT2D eigenvalue weighted by atomic mass is 32.2. The number of anilines is 1. The van der Waals surface area contributed by atoms with Crippen LogP contribution in [0.15, 0.2) is 58.7 Å². The predicted octanol–water partition coefficient (Wildman–Crippen LogP) is 3.90. The van der Waals surface area contributed by atoms with Crippen LogP contribution in [0.1, 0.15) is 21.7 Å². The average Bonchev–Trinajstić information content (AvgIpc) is 2.62. The maximum atomic E-state index is 12.2. The van der Waals surface area contributed by atoms with Crippen molar-refractivity contribution < 1.29 is 9.53 Å². The van der Waals surface area contributed by atoms with Crippen LogP contribution in [0.5, 0.6) is 5.88 Å². The minimum Gasteiger partial charge on any atom is -0.481 e. The van der Waals surface area contributed by atoms with E-state index < -0.39 is 0 Å². The summed E-state index contributed by atoms with van der Waals surface area (Å²) in [6.45, 7) is 3.90. The van der Waals surface area contributed by atoms with Gasteiger partial charge >= 0.3 is 0 Å². The lowest BCUT2D eigenvalue weighted by atomic mass is 10.2. The van der Waals surface area contributed by atoms with E-state index in [9.17, 15) is 4.79 Å². The molecule has 6 nitrogen and oxygen atoms in total. The second-order valence-corrected chi connectivity index (χ2v) is 6.64. The fraction of sp³-hybridized carbons (Fsp3) is 0.158. The van der Waals surface area contributed by atoms with Gasteiger partial charge in [0.2, 0.25) is 5.88 Å². The lowest BCUT2D eigenvalue weighted by Crippen LogP contribution is -2.12. The molecule has 0 aliphatic rings. The van der Waals surface area contributed by atoms with Gasteiger partial charge in [0, 0.05) is 34.2 Å². The summed E-state index contributed by atoms with van der Waals surface area (Å²) in [7, 11) is 1.53. The number of benzene rings is 1. The number of aryl methyl sites for hydroxylation is 2. The molecule has 0 atom stereocenters. The number of nitrogens with zero attached hydrogens (tertiary/aromatic N) is 3. The van der Waals surface area contributed by atoms with Crippen molar-refractivity contribution in [2.24, 2.45) is 0 Å². The zero-order chi connectivity index (χ0) is 18.5. The zero-order valence-corrected chi connectivity index (χ0v) is 15.5.